The molecule has 1 N–H and O–H groups in total. The Bertz CT molecular complexity index is 1440. The van der Waals surface area contributed by atoms with E-state index < -0.39 is 0 Å². The number of hydrogen-bond acceptors (Lipinski definition) is 3. The van der Waals surface area contributed by atoms with Crippen LogP contribution in [0.4, 0.5) is 0 Å². The maximum atomic E-state index is 10.1. The monoisotopic (exact) mass is 507 g/mol. The van der Waals surface area contributed by atoms with Crippen molar-refractivity contribution >= 4 is 74.1 Å². The molecule has 0 fully saturated rings. The van der Waals surface area contributed by atoms with Crippen LogP contribution in [0.25, 0.3) is 42.1 Å². The van der Waals surface area contributed by atoms with Gasteiger partial charge in [-0.15, -0.1) is 11.3 Å². The highest BCUT2D eigenvalue weighted by molar-refractivity contribution is 9.11. The molecule has 0 atom stereocenters. The van der Waals surface area contributed by atoms with Crippen molar-refractivity contribution < 1.29 is 5.11 Å². The Kier molecular flexibility index (Phi) is 4.17. The third kappa shape index (κ3) is 2.56. The van der Waals surface area contributed by atoms with Crippen molar-refractivity contribution in [3.8, 4) is 22.9 Å². The molecule has 0 unspecified atom stereocenters. The SMILES string of the molecule is N#Cc1c2ccccc2cc2c1sc1cccc(-c3cc(Br)c(O)c(Br)c3)c12. The molecule has 2 nitrogen and oxygen atoms in total. The Morgan fingerprint density at radius 1 is 0.893 bits per heavy atom. The van der Waals surface area contributed by atoms with Gasteiger partial charge in [-0.2, -0.15) is 5.26 Å². The van der Waals surface area contributed by atoms with Crippen molar-refractivity contribution in [1.29, 1.82) is 5.26 Å². The second-order valence-electron chi connectivity index (χ2n) is 6.53. The minimum atomic E-state index is 0.184. The van der Waals surface area contributed by atoms with Gasteiger partial charge in [0, 0.05) is 20.9 Å². The van der Waals surface area contributed by atoms with Gasteiger partial charge in [-0.05, 0) is 72.6 Å². The maximum Gasteiger partial charge on any atom is 0.143 e. The first-order chi connectivity index (χ1) is 13.6. The van der Waals surface area contributed by atoms with Gasteiger partial charge in [-0.1, -0.05) is 36.4 Å². The molecule has 0 radical (unpaired) electrons. The van der Waals surface area contributed by atoms with Crippen molar-refractivity contribution in [2.75, 3.05) is 0 Å². The average Bonchev–Trinajstić information content (AvgIpc) is 3.08. The molecule has 0 amide bonds. The number of nitriles is 1. The normalized spacial score (nSPS) is 11.3. The van der Waals surface area contributed by atoms with Crippen molar-refractivity contribution in [2.45, 2.75) is 0 Å². The fraction of sp³-hybridized carbons (Fsp3) is 0. The van der Waals surface area contributed by atoms with E-state index in [1.54, 1.807) is 11.3 Å². The van der Waals surface area contributed by atoms with Crippen LogP contribution < -0.4 is 0 Å². The Balaban J connectivity index is 1.96. The van der Waals surface area contributed by atoms with E-state index in [2.05, 4.69) is 62.2 Å². The Labute approximate surface area is 181 Å². The lowest BCUT2D eigenvalue weighted by atomic mass is 9.96. The van der Waals surface area contributed by atoms with E-state index in [9.17, 15) is 10.4 Å². The minimum Gasteiger partial charge on any atom is -0.506 e. The lowest BCUT2D eigenvalue weighted by molar-refractivity contribution is 0.468. The van der Waals surface area contributed by atoms with Crippen LogP contribution in [0.15, 0.2) is 69.6 Å². The molecular formula is C23H11Br2NOS. The first-order valence-corrected chi connectivity index (χ1v) is 10.9. The largest absolute Gasteiger partial charge is 0.506 e. The number of phenols is 1. The van der Waals surface area contributed by atoms with Crippen molar-refractivity contribution in [3.63, 3.8) is 0 Å². The summed E-state index contributed by atoms with van der Waals surface area (Å²) in [6.45, 7) is 0. The molecule has 5 aromatic rings. The van der Waals surface area contributed by atoms with Crippen LogP contribution in [-0.2, 0) is 0 Å². The number of halogens is 2. The van der Waals surface area contributed by atoms with E-state index in [-0.39, 0.29) is 5.75 Å². The standard InChI is InChI=1S/C23H11Br2NOS/c24-18-9-13(10-19(25)22(18)27)15-6-3-7-20-21(15)16-8-12-4-1-2-5-14(12)17(11-26)23(16)28-20/h1-10,27H. The zero-order chi connectivity index (χ0) is 19.4. The molecule has 1 heterocycles. The van der Waals surface area contributed by atoms with E-state index in [1.165, 1.54) is 0 Å². The van der Waals surface area contributed by atoms with E-state index in [0.29, 0.717) is 8.95 Å². The second kappa shape index (κ2) is 6.59. The fourth-order valence-corrected chi connectivity index (χ4v) is 6.10. The zero-order valence-electron chi connectivity index (χ0n) is 14.3. The van der Waals surface area contributed by atoms with Crippen LogP contribution in [0.1, 0.15) is 5.56 Å². The van der Waals surface area contributed by atoms with Gasteiger partial charge in [0.25, 0.3) is 0 Å². The van der Waals surface area contributed by atoms with Crippen LogP contribution in [-0.4, -0.2) is 5.11 Å². The number of fused-ring (bicyclic) bond motifs is 4. The third-order valence-corrected chi connectivity index (χ3v) is 7.35. The van der Waals surface area contributed by atoms with Crippen LogP contribution in [0.2, 0.25) is 0 Å². The number of rotatable bonds is 1. The van der Waals surface area contributed by atoms with Crippen molar-refractivity contribution in [3.05, 3.63) is 75.2 Å². The number of aromatic hydroxyl groups is 1. The summed E-state index contributed by atoms with van der Waals surface area (Å²) in [5.74, 6) is 0.184. The molecule has 0 spiro atoms. The number of benzene rings is 4. The summed E-state index contributed by atoms with van der Waals surface area (Å²) < 4.78 is 3.42. The van der Waals surface area contributed by atoms with E-state index in [0.717, 1.165) is 47.6 Å². The molecule has 0 aliphatic heterocycles. The molecule has 1 aromatic heterocycles. The van der Waals surface area contributed by atoms with Gasteiger partial charge in [0.05, 0.1) is 19.2 Å². The highest BCUT2D eigenvalue weighted by Crippen LogP contribution is 2.45. The summed E-state index contributed by atoms with van der Waals surface area (Å²) in [7, 11) is 0. The predicted molar refractivity (Wildman–Crippen MR) is 124 cm³/mol. The van der Waals surface area contributed by atoms with Crippen molar-refractivity contribution in [2.24, 2.45) is 0 Å². The fourth-order valence-electron chi connectivity index (χ4n) is 3.70. The van der Waals surface area contributed by atoms with Gasteiger partial charge >= 0.3 is 0 Å². The molecule has 0 saturated carbocycles. The van der Waals surface area contributed by atoms with Crippen LogP contribution in [0.5, 0.6) is 5.75 Å². The first-order valence-electron chi connectivity index (χ1n) is 8.54. The van der Waals surface area contributed by atoms with Gasteiger partial charge in [-0.3, -0.25) is 0 Å². The van der Waals surface area contributed by atoms with Crippen LogP contribution in [0, 0.1) is 11.3 Å². The molecule has 0 saturated heterocycles. The summed E-state index contributed by atoms with van der Waals surface area (Å²) >= 11 is 8.52. The topological polar surface area (TPSA) is 44.0 Å². The van der Waals surface area contributed by atoms with Crippen LogP contribution in [0.3, 0.4) is 0 Å². The molecular weight excluding hydrogens is 498 g/mol. The number of hydrogen-bond donors (Lipinski definition) is 1. The summed E-state index contributed by atoms with van der Waals surface area (Å²) in [6, 6.07) is 22.7. The Hall–Kier alpha value is -2.39. The Morgan fingerprint density at radius 2 is 1.64 bits per heavy atom. The van der Waals surface area contributed by atoms with Gasteiger partial charge in [-0.25, -0.2) is 0 Å². The van der Waals surface area contributed by atoms with E-state index >= 15 is 0 Å². The van der Waals surface area contributed by atoms with E-state index in [4.69, 9.17) is 0 Å². The second-order valence-corrected chi connectivity index (χ2v) is 9.29. The minimum absolute atomic E-state index is 0.184. The van der Waals surface area contributed by atoms with Gasteiger partial charge in [0.1, 0.15) is 11.8 Å². The molecule has 5 rings (SSSR count). The van der Waals surface area contributed by atoms with Crippen molar-refractivity contribution in [1.82, 2.24) is 0 Å². The average molecular weight is 509 g/mol. The number of phenolic OH excluding ortho intramolecular Hbond substituents is 1. The van der Waals surface area contributed by atoms with Gasteiger partial charge in [0.2, 0.25) is 0 Å². The summed E-state index contributed by atoms with van der Waals surface area (Å²) in [5.41, 5.74) is 2.80. The number of nitrogens with zero attached hydrogens (tertiary/aromatic N) is 1. The number of thiophene rings is 1. The zero-order valence-corrected chi connectivity index (χ0v) is 18.3. The maximum absolute atomic E-state index is 10.1. The smallest absolute Gasteiger partial charge is 0.143 e. The summed E-state index contributed by atoms with van der Waals surface area (Å²) in [6.07, 6.45) is 0. The lowest BCUT2D eigenvalue weighted by Crippen LogP contribution is -1.83. The summed E-state index contributed by atoms with van der Waals surface area (Å²) in [4.78, 5) is 0. The first kappa shape index (κ1) is 17.7. The molecule has 28 heavy (non-hydrogen) atoms. The molecule has 0 aliphatic carbocycles. The summed E-state index contributed by atoms with van der Waals surface area (Å²) in [5, 5.41) is 24.2. The Morgan fingerprint density at radius 3 is 2.39 bits per heavy atom. The quantitative estimate of drug-likeness (QED) is 0.249. The highest BCUT2D eigenvalue weighted by Gasteiger charge is 2.17. The predicted octanol–water partition coefficient (Wildman–Crippen LogP) is 7.98. The van der Waals surface area contributed by atoms with Gasteiger partial charge < -0.3 is 5.11 Å². The van der Waals surface area contributed by atoms with Gasteiger partial charge in [0.15, 0.2) is 0 Å². The van der Waals surface area contributed by atoms with Crippen LogP contribution >= 0.6 is 43.2 Å². The third-order valence-electron chi connectivity index (χ3n) is 4.95. The molecule has 134 valence electrons. The van der Waals surface area contributed by atoms with E-state index in [1.807, 2.05) is 36.4 Å². The lowest BCUT2D eigenvalue weighted by Gasteiger charge is -2.09. The molecule has 0 bridgehead atoms. The molecule has 4 aromatic carbocycles. The molecule has 0 aliphatic rings. The highest BCUT2D eigenvalue weighted by atomic mass is 79.9. The molecule has 5 heteroatoms.